The molecular formula is C12H17NO3. The van der Waals surface area contributed by atoms with E-state index in [1.807, 2.05) is 18.2 Å². The van der Waals surface area contributed by atoms with E-state index in [0.717, 1.165) is 0 Å². The lowest BCUT2D eigenvalue weighted by Gasteiger charge is -2.23. The Morgan fingerprint density at radius 3 is 2.62 bits per heavy atom. The Morgan fingerprint density at radius 1 is 1.44 bits per heavy atom. The van der Waals surface area contributed by atoms with Crippen molar-refractivity contribution in [3.05, 3.63) is 30.3 Å². The lowest BCUT2D eigenvalue weighted by Crippen LogP contribution is -2.40. The molecule has 1 rings (SSSR count). The summed E-state index contributed by atoms with van der Waals surface area (Å²) in [5.41, 5.74) is 0. The highest BCUT2D eigenvalue weighted by molar-refractivity contribution is 5.77. The second kappa shape index (κ2) is 6.12. The number of nitrogens with zero attached hydrogens (tertiary/aromatic N) is 1. The summed E-state index contributed by atoms with van der Waals surface area (Å²) in [7, 11) is 1.65. The molecule has 4 heteroatoms. The summed E-state index contributed by atoms with van der Waals surface area (Å²) in [5, 5.41) is 8.90. The molecular weight excluding hydrogens is 206 g/mol. The molecule has 1 atom stereocenters. The quantitative estimate of drug-likeness (QED) is 0.807. The maximum atomic E-state index is 11.6. The fraction of sp³-hybridized carbons (Fsp3) is 0.417. The van der Waals surface area contributed by atoms with Gasteiger partial charge in [-0.05, 0) is 19.1 Å². The predicted octanol–water partition coefficient (Wildman–Crippen LogP) is 0.905. The van der Waals surface area contributed by atoms with Crippen molar-refractivity contribution in [3.63, 3.8) is 0 Å². The molecule has 0 saturated carbocycles. The number of para-hydroxylation sites is 1. The van der Waals surface area contributed by atoms with Gasteiger partial charge in [0.1, 0.15) is 5.75 Å². The zero-order valence-electron chi connectivity index (χ0n) is 9.59. The van der Waals surface area contributed by atoms with Crippen LogP contribution >= 0.6 is 0 Å². The van der Waals surface area contributed by atoms with Crippen LogP contribution < -0.4 is 4.74 Å². The summed E-state index contributed by atoms with van der Waals surface area (Å²) in [4.78, 5) is 13.1. The third-order valence-corrected chi connectivity index (χ3v) is 2.42. The highest BCUT2D eigenvalue weighted by atomic mass is 16.5. The average Bonchev–Trinajstić information content (AvgIpc) is 2.35. The largest absolute Gasteiger partial charge is 0.484 e. The number of hydrogen-bond donors (Lipinski definition) is 1. The molecule has 0 aliphatic heterocycles. The van der Waals surface area contributed by atoms with E-state index in [2.05, 4.69) is 0 Å². The van der Waals surface area contributed by atoms with Crippen LogP contribution in [0.25, 0.3) is 0 Å². The van der Waals surface area contributed by atoms with Gasteiger partial charge < -0.3 is 14.7 Å². The van der Waals surface area contributed by atoms with E-state index in [-0.39, 0.29) is 25.2 Å². The second-order valence-electron chi connectivity index (χ2n) is 3.64. The number of benzene rings is 1. The number of aliphatic hydroxyl groups excluding tert-OH is 1. The van der Waals surface area contributed by atoms with Crippen molar-refractivity contribution < 1.29 is 14.6 Å². The van der Waals surface area contributed by atoms with Crippen molar-refractivity contribution in [3.8, 4) is 5.75 Å². The van der Waals surface area contributed by atoms with Crippen LogP contribution in [0.2, 0.25) is 0 Å². The van der Waals surface area contributed by atoms with Gasteiger partial charge in [0.05, 0.1) is 12.6 Å². The normalized spacial score (nSPS) is 11.9. The smallest absolute Gasteiger partial charge is 0.260 e. The Balaban J connectivity index is 2.41. The van der Waals surface area contributed by atoms with Crippen LogP contribution in [0.1, 0.15) is 6.92 Å². The lowest BCUT2D eigenvalue weighted by atomic mass is 10.3. The average molecular weight is 223 g/mol. The van der Waals surface area contributed by atoms with E-state index in [1.54, 1.807) is 26.1 Å². The summed E-state index contributed by atoms with van der Waals surface area (Å²) < 4.78 is 5.31. The number of carbonyl (C=O) groups is 1. The number of carbonyl (C=O) groups excluding carboxylic acids is 1. The van der Waals surface area contributed by atoms with Crippen LogP contribution in [0.5, 0.6) is 5.75 Å². The molecule has 1 amide bonds. The van der Waals surface area contributed by atoms with Gasteiger partial charge in [-0.2, -0.15) is 0 Å². The molecule has 16 heavy (non-hydrogen) atoms. The molecule has 4 nitrogen and oxygen atoms in total. The minimum Gasteiger partial charge on any atom is -0.484 e. The Bertz CT molecular complexity index is 326. The molecule has 1 unspecified atom stereocenters. The number of amides is 1. The van der Waals surface area contributed by atoms with Crippen molar-refractivity contribution in [2.75, 3.05) is 20.3 Å². The van der Waals surface area contributed by atoms with Gasteiger partial charge in [-0.15, -0.1) is 0 Å². The molecule has 0 bridgehead atoms. The van der Waals surface area contributed by atoms with Crippen LogP contribution in [-0.2, 0) is 4.79 Å². The second-order valence-corrected chi connectivity index (χ2v) is 3.64. The number of rotatable bonds is 5. The molecule has 1 aromatic rings. The summed E-state index contributed by atoms with van der Waals surface area (Å²) in [6, 6.07) is 8.98. The SMILES string of the molecule is CC(CO)N(C)C(=O)COc1ccccc1. The van der Waals surface area contributed by atoms with Crippen LogP contribution in [0.3, 0.4) is 0 Å². The summed E-state index contributed by atoms with van der Waals surface area (Å²) >= 11 is 0. The summed E-state index contributed by atoms with van der Waals surface area (Å²) in [6.45, 7) is 1.72. The van der Waals surface area contributed by atoms with E-state index in [9.17, 15) is 4.79 Å². The molecule has 0 spiro atoms. The molecule has 0 aliphatic carbocycles. The van der Waals surface area contributed by atoms with Gasteiger partial charge >= 0.3 is 0 Å². The first-order valence-electron chi connectivity index (χ1n) is 5.19. The van der Waals surface area contributed by atoms with Crippen LogP contribution in [0, 0.1) is 0 Å². The van der Waals surface area contributed by atoms with Crippen LogP contribution in [0.15, 0.2) is 30.3 Å². The van der Waals surface area contributed by atoms with E-state index in [1.165, 1.54) is 4.90 Å². The first kappa shape index (κ1) is 12.5. The summed E-state index contributed by atoms with van der Waals surface area (Å²) in [5.74, 6) is 0.520. The molecule has 0 fully saturated rings. The highest BCUT2D eigenvalue weighted by Gasteiger charge is 2.14. The minimum atomic E-state index is -0.188. The zero-order chi connectivity index (χ0) is 12.0. The zero-order valence-corrected chi connectivity index (χ0v) is 9.59. The molecule has 88 valence electrons. The van der Waals surface area contributed by atoms with Gasteiger partial charge in [0.25, 0.3) is 5.91 Å². The third-order valence-electron chi connectivity index (χ3n) is 2.42. The van der Waals surface area contributed by atoms with Gasteiger partial charge in [-0.3, -0.25) is 4.79 Å². The number of ether oxygens (including phenoxy) is 1. The van der Waals surface area contributed by atoms with Gasteiger partial charge in [-0.25, -0.2) is 0 Å². The third kappa shape index (κ3) is 3.55. The first-order valence-corrected chi connectivity index (χ1v) is 5.19. The van der Waals surface area contributed by atoms with Gasteiger partial charge in [0.15, 0.2) is 6.61 Å². The Morgan fingerprint density at radius 2 is 2.06 bits per heavy atom. The Labute approximate surface area is 95.5 Å². The van der Waals surface area contributed by atoms with Crippen molar-refractivity contribution in [1.29, 1.82) is 0 Å². The topological polar surface area (TPSA) is 49.8 Å². The fourth-order valence-corrected chi connectivity index (χ4v) is 1.13. The van der Waals surface area contributed by atoms with Crippen LogP contribution in [-0.4, -0.2) is 42.2 Å². The number of hydrogen-bond acceptors (Lipinski definition) is 3. The molecule has 0 aromatic heterocycles. The van der Waals surface area contributed by atoms with Crippen molar-refractivity contribution >= 4 is 5.91 Å². The lowest BCUT2D eigenvalue weighted by molar-refractivity contribution is -0.134. The molecule has 1 aromatic carbocycles. The van der Waals surface area contributed by atoms with Gasteiger partial charge in [0, 0.05) is 7.05 Å². The molecule has 0 saturated heterocycles. The monoisotopic (exact) mass is 223 g/mol. The fourth-order valence-electron chi connectivity index (χ4n) is 1.13. The van der Waals surface area contributed by atoms with Gasteiger partial charge in [0.2, 0.25) is 0 Å². The van der Waals surface area contributed by atoms with E-state index in [4.69, 9.17) is 9.84 Å². The van der Waals surface area contributed by atoms with Crippen LogP contribution in [0.4, 0.5) is 0 Å². The predicted molar refractivity (Wildman–Crippen MR) is 61.3 cm³/mol. The standard InChI is InChI=1S/C12H17NO3/c1-10(8-14)13(2)12(15)9-16-11-6-4-3-5-7-11/h3-7,10,14H,8-9H2,1-2H3. The van der Waals surface area contributed by atoms with E-state index in [0.29, 0.717) is 5.75 Å². The maximum absolute atomic E-state index is 11.6. The molecule has 0 aliphatic rings. The highest BCUT2D eigenvalue weighted by Crippen LogP contribution is 2.08. The summed E-state index contributed by atoms with van der Waals surface area (Å²) in [6.07, 6.45) is 0. The molecule has 0 heterocycles. The van der Waals surface area contributed by atoms with Crippen molar-refractivity contribution in [1.82, 2.24) is 4.90 Å². The minimum absolute atomic E-state index is 0.00907. The Kier molecular flexibility index (Phi) is 4.79. The maximum Gasteiger partial charge on any atom is 0.260 e. The van der Waals surface area contributed by atoms with Crippen molar-refractivity contribution in [2.45, 2.75) is 13.0 Å². The number of likely N-dealkylation sites (N-methyl/N-ethyl adjacent to an activating group) is 1. The first-order chi connectivity index (χ1) is 7.65. The molecule has 0 radical (unpaired) electrons. The number of aliphatic hydroxyl groups is 1. The van der Waals surface area contributed by atoms with Crippen molar-refractivity contribution in [2.24, 2.45) is 0 Å². The Hall–Kier alpha value is -1.55. The van der Waals surface area contributed by atoms with E-state index < -0.39 is 0 Å². The van der Waals surface area contributed by atoms with Gasteiger partial charge in [-0.1, -0.05) is 18.2 Å². The van der Waals surface area contributed by atoms with E-state index >= 15 is 0 Å². The molecule has 1 N–H and O–H groups in total.